The van der Waals surface area contributed by atoms with E-state index in [-0.39, 0.29) is 0 Å². The van der Waals surface area contributed by atoms with E-state index in [4.69, 9.17) is 0 Å². The fourth-order valence-electron chi connectivity index (χ4n) is 3.07. The molecule has 0 radical (unpaired) electrons. The Bertz CT molecular complexity index is 168. The van der Waals surface area contributed by atoms with E-state index >= 15 is 0 Å². The number of hydrogen-bond donors (Lipinski definition) is 0. The highest BCUT2D eigenvalue weighted by atomic mass is 15.2. The van der Waals surface area contributed by atoms with Gasteiger partial charge in [0.25, 0.3) is 0 Å². The lowest BCUT2D eigenvalue weighted by Gasteiger charge is -2.36. The molecule has 1 nitrogen and oxygen atoms in total. The number of hydrogen-bond acceptors (Lipinski definition) is 1. The SMILES string of the molecule is CC(C)(C)N1CCC2CCCC21. The van der Waals surface area contributed by atoms with Crippen LogP contribution in [0.5, 0.6) is 0 Å². The van der Waals surface area contributed by atoms with Crippen molar-refractivity contribution >= 4 is 0 Å². The summed E-state index contributed by atoms with van der Waals surface area (Å²) in [6.07, 6.45) is 5.89. The van der Waals surface area contributed by atoms with E-state index in [1.807, 2.05) is 0 Å². The molecule has 0 aromatic carbocycles. The first-order valence-corrected chi connectivity index (χ1v) is 5.36. The highest BCUT2D eigenvalue weighted by Crippen LogP contribution is 2.40. The molecule has 0 N–H and O–H groups in total. The predicted octanol–water partition coefficient (Wildman–Crippen LogP) is 2.66. The molecule has 70 valence electrons. The van der Waals surface area contributed by atoms with Gasteiger partial charge in [-0.2, -0.15) is 0 Å². The Kier molecular flexibility index (Phi) is 1.95. The third-order valence-electron chi connectivity index (χ3n) is 3.62. The Morgan fingerprint density at radius 1 is 1.08 bits per heavy atom. The molecule has 1 saturated carbocycles. The molecule has 1 aliphatic heterocycles. The molecule has 0 spiro atoms. The first-order chi connectivity index (χ1) is 5.59. The quantitative estimate of drug-likeness (QED) is 0.536. The number of likely N-dealkylation sites (tertiary alicyclic amines) is 1. The van der Waals surface area contributed by atoms with E-state index < -0.39 is 0 Å². The molecule has 12 heavy (non-hydrogen) atoms. The van der Waals surface area contributed by atoms with Gasteiger partial charge in [0.05, 0.1) is 0 Å². The van der Waals surface area contributed by atoms with Gasteiger partial charge in [0, 0.05) is 11.6 Å². The maximum Gasteiger partial charge on any atom is 0.0129 e. The Labute approximate surface area is 76.1 Å². The molecular weight excluding hydrogens is 146 g/mol. The number of rotatable bonds is 0. The van der Waals surface area contributed by atoms with Gasteiger partial charge < -0.3 is 0 Å². The molecular formula is C11H21N. The van der Waals surface area contributed by atoms with Crippen LogP contribution in [0.25, 0.3) is 0 Å². The van der Waals surface area contributed by atoms with Crippen molar-refractivity contribution in [1.29, 1.82) is 0 Å². The zero-order valence-corrected chi connectivity index (χ0v) is 8.64. The lowest BCUT2D eigenvalue weighted by atomic mass is 10.0. The van der Waals surface area contributed by atoms with Gasteiger partial charge in [0.15, 0.2) is 0 Å². The van der Waals surface area contributed by atoms with E-state index in [1.54, 1.807) is 0 Å². The summed E-state index contributed by atoms with van der Waals surface area (Å²) >= 11 is 0. The first-order valence-electron chi connectivity index (χ1n) is 5.36. The lowest BCUT2D eigenvalue weighted by Crippen LogP contribution is -2.44. The Morgan fingerprint density at radius 2 is 1.83 bits per heavy atom. The van der Waals surface area contributed by atoms with E-state index in [9.17, 15) is 0 Å². The molecule has 2 fully saturated rings. The van der Waals surface area contributed by atoms with Crippen molar-refractivity contribution < 1.29 is 0 Å². The maximum atomic E-state index is 2.73. The van der Waals surface area contributed by atoms with Crippen LogP contribution in [-0.4, -0.2) is 23.0 Å². The van der Waals surface area contributed by atoms with Crippen molar-refractivity contribution in [2.24, 2.45) is 5.92 Å². The molecule has 2 rings (SSSR count). The summed E-state index contributed by atoms with van der Waals surface area (Å²) in [6, 6.07) is 0.935. The van der Waals surface area contributed by atoms with Crippen LogP contribution in [0.2, 0.25) is 0 Å². The monoisotopic (exact) mass is 167 g/mol. The predicted molar refractivity (Wildman–Crippen MR) is 52.2 cm³/mol. The van der Waals surface area contributed by atoms with E-state index in [1.165, 1.54) is 32.2 Å². The Hall–Kier alpha value is -0.0400. The molecule has 1 heterocycles. The normalized spacial score (nSPS) is 37.2. The second-order valence-electron chi connectivity index (χ2n) is 5.41. The second kappa shape index (κ2) is 2.73. The van der Waals surface area contributed by atoms with Crippen molar-refractivity contribution in [2.75, 3.05) is 6.54 Å². The van der Waals surface area contributed by atoms with E-state index in [0.29, 0.717) is 5.54 Å². The van der Waals surface area contributed by atoms with Crippen molar-refractivity contribution in [3.05, 3.63) is 0 Å². The summed E-state index contributed by atoms with van der Waals surface area (Å²) in [7, 11) is 0. The molecule has 1 heteroatoms. The molecule has 1 aliphatic carbocycles. The largest absolute Gasteiger partial charge is 0.295 e. The Morgan fingerprint density at radius 3 is 2.50 bits per heavy atom. The number of fused-ring (bicyclic) bond motifs is 1. The lowest BCUT2D eigenvalue weighted by molar-refractivity contribution is 0.115. The molecule has 1 saturated heterocycles. The van der Waals surface area contributed by atoms with Gasteiger partial charge in [-0.3, -0.25) is 4.90 Å². The van der Waals surface area contributed by atoms with Gasteiger partial charge in [-0.05, 0) is 52.5 Å². The zero-order valence-electron chi connectivity index (χ0n) is 8.64. The fourth-order valence-corrected chi connectivity index (χ4v) is 3.07. The van der Waals surface area contributed by atoms with Crippen LogP contribution >= 0.6 is 0 Å². The van der Waals surface area contributed by atoms with Crippen LogP contribution < -0.4 is 0 Å². The van der Waals surface area contributed by atoms with Crippen molar-refractivity contribution in [1.82, 2.24) is 4.90 Å². The standard InChI is InChI=1S/C11H21N/c1-11(2,3)12-8-7-9-5-4-6-10(9)12/h9-10H,4-8H2,1-3H3. The highest BCUT2D eigenvalue weighted by Gasteiger charge is 2.41. The van der Waals surface area contributed by atoms with Crippen molar-refractivity contribution in [3.8, 4) is 0 Å². The zero-order chi connectivity index (χ0) is 8.77. The molecule has 0 bridgehead atoms. The molecule has 2 unspecified atom stereocenters. The van der Waals surface area contributed by atoms with Crippen LogP contribution in [0.4, 0.5) is 0 Å². The summed E-state index contributed by atoms with van der Waals surface area (Å²) in [6.45, 7) is 8.41. The third-order valence-corrected chi connectivity index (χ3v) is 3.62. The van der Waals surface area contributed by atoms with Crippen molar-refractivity contribution in [3.63, 3.8) is 0 Å². The first kappa shape index (κ1) is 8.55. The van der Waals surface area contributed by atoms with Gasteiger partial charge in [-0.25, -0.2) is 0 Å². The summed E-state index contributed by atoms with van der Waals surface area (Å²) < 4.78 is 0. The number of nitrogens with zero attached hydrogens (tertiary/aromatic N) is 1. The smallest absolute Gasteiger partial charge is 0.0129 e. The molecule has 0 aromatic heterocycles. The van der Waals surface area contributed by atoms with Gasteiger partial charge >= 0.3 is 0 Å². The van der Waals surface area contributed by atoms with Crippen LogP contribution in [0, 0.1) is 5.92 Å². The van der Waals surface area contributed by atoms with E-state index in [0.717, 1.165) is 12.0 Å². The topological polar surface area (TPSA) is 3.24 Å². The van der Waals surface area contributed by atoms with E-state index in [2.05, 4.69) is 25.7 Å². The average molecular weight is 167 g/mol. The Balaban J connectivity index is 2.09. The highest BCUT2D eigenvalue weighted by molar-refractivity contribution is 4.96. The van der Waals surface area contributed by atoms with Crippen molar-refractivity contribution in [2.45, 2.75) is 58.0 Å². The molecule has 2 aliphatic rings. The fraction of sp³-hybridized carbons (Fsp3) is 1.00. The molecule has 0 amide bonds. The molecule has 2 atom stereocenters. The maximum absolute atomic E-state index is 2.73. The average Bonchev–Trinajstić information content (AvgIpc) is 2.37. The third kappa shape index (κ3) is 1.28. The molecule has 0 aromatic rings. The summed E-state index contributed by atoms with van der Waals surface area (Å²) in [5, 5.41) is 0. The van der Waals surface area contributed by atoms with Gasteiger partial charge in [0.2, 0.25) is 0 Å². The van der Waals surface area contributed by atoms with Crippen LogP contribution in [0.1, 0.15) is 46.5 Å². The van der Waals surface area contributed by atoms with Gasteiger partial charge in [0.1, 0.15) is 0 Å². The van der Waals surface area contributed by atoms with Gasteiger partial charge in [-0.1, -0.05) is 6.42 Å². The summed E-state index contributed by atoms with van der Waals surface area (Å²) in [5.74, 6) is 1.05. The minimum absolute atomic E-state index is 0.407. The summed E-state index contributed by atoms with van der Waals surface area (Å²) in [4.78, 5) is 2.73. The van der Waals surface area contributed by atoms with Crippen LogP contribution in [0.3, 0.4) is 0 Å². The van der Waals surface area contributed by atoms with Crippen LogP contribution in [0.15, 0.2) is 0 Å². The summed E-state index contributed by atoms with van der Waals surface area (Å²) in [5.41, 5.74) is 0.407. The second-order valence-corrected chi connectivity index (χ2v) is 5.41. The minimum Gasteiger partial charge on any atom is -0.295 e. The van der Waals surface area contributed by atoms with Crippen LogP contribution in [-0.2, 0) is 0 Å². The minimum atomic E-state index is 0.407. The van der Waals surface area contributed by atoms with Gasteiger partial charge in [-0.15, -0.1) is 0 Å².